The van der Waals surface area contributed by atoms with Crippen molar-refractivity contribution >= 4 is 10.8 Å². The number of benzene rings is 4. The Kier molecular flexibility index (Phi) is 7.36. The van der Waals surface area contributed by atoms with E-state index in [-0.39, 0.29) is 21.9 Å². The molecule has 0 N–H and O–H groups in total. The van der Waals surface area contributed by atoms with Crippen molar-refractivity contribution in [2.75, 3.05) is 6.61 Å². The zero-order chi connectivity index (χ0) is 24.9. The summed E-state index contributed by atoms with van der Waals surface area (Å²) in [6.45, 7) is 2.59. The lowest BCUT2D eigenvalue weighted by atomic mass is 10.0. The zero-order valence-electron chi connectivity index (χ0n) is 18.9. The molecule has 4 aromatic rings. The van der Waals surface area contributed by atoms with Crippen LogP contribution >= 0.6 is 0 Å². The van der Waals surface area contributed by atoms with Gasteiger partial charge in [0.15, 0.2) is 17.5 Å². The molecule has 0 saturated carbocycles. The Morgan fingerprint density at radius 1 is 0.714 bits per heavy atom. The fraction of sp³-hybridized carbons (Fsp3) is 0.172. The minimum absolute atomic E-state index is 0.0709. The number of rotatable bonds is 6. The molecule has 6 heteroatoms. The molecule has 4 aromatic carbocycles. The van der Waals surface area contributed by atoms with E-state index >= 15 is 0 Å². The summed E-state index contributed by atoms with van der Waals surface area (Å²) >= 11 is 0. The van der Waals surface area contributed by atoms with Gasteiger partial charge in [-0.15, -0.1) is 0 Å². The first-order valence-corrected chi connectivity index (χ1v) is 11.2. The second-order valence-corrected chi connectivity index (χ2v) is 8.06. The summed E-state index contributed by atoms with van der Waals surface area (Å²) in [6.07, 6.45) is 2.98. The number of halogens is 5. The molecule has 0 amide bonds. The van der Waals surface area contributed by atoms with Gasteiger partial charge in [-0.1, -0.05) is 43.7 Å². The third-order valence-electron chi connectivity index (χ3n) is 5.55. The van der Waals surface area contributed by atoms with Crippen molar-refractivity contribution in [2.24, 2.45) is 0 Å². The van der Waals surface area contributed by atoms with E-state index in [4.69, 9.17) is 4.74 Å². The van der Waals surface area contributed by atoms with Gasteiger partial charge >= 0.3 is 0 Å². The molecular formula is C29H21F5O. The molecule has 0 saturated heterocycles. The van der Waals surface area contributed by atoms with Crippen molar-refractivity contribution < 1.29 is 26.7 Å². The number of fused-ring (bicyclic) bond motifs is 1. The lowest BCUT2D eigenvalue weighted by Gasteiger charge is -2.09. The first-order valence-electron chi connectivity index (χ1n) is 11.2. The third kappa shape index (κ3) is 5.46. The minimum Gasteiger partial charge on any atom is -0.493 e. The van der Waals surface area contributed by atoms with Crippen LogP contribution in [0, 0.1) is 40.9 Å². The predicted molar refractivity (Wildman–Crippen MR) is 127 cm³/mol. The average molecular weight is 480 g/mol. The first-order chi connectivity index (χ1) is 16.9. The lowest BCUT2D eigenvalue weighted by molar-refractivity contribution is 0.305. The highest BCUT2D eigenvalue weighted by Crippen LogP contribution is 2.28. The zero-order valence-corrected chi connectivity index (χ0v) is 18.9. The van der Waals surface area contributed by atoms with Crippen LogP contribution < -0.4 is 4.74 Å². The SMILES string of the molecule is CCCCCOc1ccc(-c2ccc(C#Cc3ccc4c(F)c(F)c(F)cc4c3)c(F)c2)c(F)c1. The lowest BCUT2D eigenvalue weighted by Crippen LogP contribution is -1.98. The van der Waals surface area contributed by atoms with Gasteiger partial charge in [0, 0.05) is 22.6 Å². The Hall–Kier alpha value is -3.85. The summed E-state index contributed by atoms with van der Waals surface area (Å²) in [7, 11) is 0. The van der Waals surface area contributed by atoms with Gasteiger partial charge in [-0.3, -0.25) is 0 Å². The molecule has 1 nitrogen and oxygen atoms in total. The van der Waals surface area contributed by atoms with Crippen molar-refractivity contribution in [3.05, 3.63) is 101 Å². The van der Waals surface area contributed by atoms with Crippen molar-refractivity contribution in [3.63, 3.8) is 0 Å². The van der Waals surface area contributed by atoms with Crippen LogP contribution in [-0.4, -0.2) is 6.61 Å². The highest BCUT2D eigenvalue weighted by atomic mass is 19.2. The van der Waals surface area contributed by atoms with E-state index in [1.165, 1.54) is 36.4 Å². The number of hydrogen-bond donors (Lipinski definition) is 0. The van der Waals surface area contributed by atoms with Gasteiger partial charge in [0.25, 0.3) is 0 Å². The second-order valence-electron chi connectivity index (χ2n) is 8.06. The Bertz CT molecular complexity index is 1450. The van der Waals surface area contributed by atoms with Gasteiger partial charge in [0.1, 0.15) is 17.4 Å². The second kappa shape index (κ2) is 10.6. The largest absolute Gasteiger partial charge is 0.493 e. The highest BCUT2D eigenvalue weighted by molar-refractivity contribution is 5.84. The summed E-state index contributed by atoms with van der Waals surface area (Å²) in [5.41, 5.74) is 1.02. The molecule has 0 radical (unpaired) electrons. The summed E-state index contributed by atoms with van der Waals surface area (Å²) < 4.78 is 75.7. The van der Waals surface area contributed by atoms with Crippen LogP contribution in [0.3, 0.4) is 0 Å². The van der Waals surface area contributed by atoms with E-state index in [1.807, 2.05) is 0 Å². The molecule has 4 rings (SSSR count). The maximum atomic E-state index is 14.7. The fourth-order valence-corrected chi connectivity index (χ4v) is 3.67. The smallest absolute Gasteiger partial charge is 0.195 e. The molecule has 0 spiro atoms. The fourth-order valence-electron chi connectivity index (χ4n) is 3.67. The van der Waals surface area contributed by atoms with E-state index in [0.717, 1.165) is 25.3 Å². The van der Waals surface area contributed by atoms with Crippen LogP contribution in [0.2, 0.25) is 0 Å². The monoisotopic (exact) mass is 480 g/mol. The molecule has 0 heterocycles. The molecule has 178 valence electrons. The van der Waals surface area contributed by atoms with Crippen molar-refractivity contribution in [1.29, 1.82) is 0 Å². The average Bonchev–Trinajstić information content (AvgIpc) is 2.84. The van der Waals surface area contributed by atoms with Gasteiger partial charge in [-0.25, -0.2) is 22.0 Å². The van der Waals surface area contributed by atoms with E-state index in [1.54, 1.807) is 18.2 Å². The Morgan fingerprint density at radius 2 is 1.54 bits per heavy atom. The molecule has 0 aliphatic heterocycles. The topological polar surface area (TPSA) is 9.23 Å². The van der Waals surface area contributed by atoms with Gasteiger partial charge in [0.2, 0.25) is 0 Å². The van der Waals surface area contributed by atoms with Crippen LogP contribution in [0.15, 0.2) is 60.7 Å². The summed E-state index contributed by atoms with van der Waals surface area (Å²) in [6, 6.07) is 13.6. The highest BCUT2D eigenvalue weighted by Gasteiger charge is 2.13. The van der Waals surface area contributed by atoms with Crippen molar-refractivity contribution in [1.82, 2.24) is 0 Å². The molecule has 0 aliphatic rings. The summed E-state index contributed by atoms with van der Waals surface area (Å²) in [4.78, 5) is 0. The number of unbranched alkanes of at least 4 members (excludes halogenated alkanes) is 2. The standard InChI is InChI=1S/C29H21F5O/c1-2-3-4-13-35-22-10-12-23(26(31)17-22)20-9-8-19(25(30)15-20)7-5-18-6-11-24-21(14-18)16-27(32)29(34)28(24)33/h6,8-12,14-17H,2-4,13H2,1H3. The van der Waals surface area contributed by atoms with E-state index in [9.17, 15) is 22.0 Å². The first kappa shape index (κ1) is 24.3. The predicted octanol–water partition coefficient (Wildman–Crippen LogP) is 8.17. The maximum Gasteiger partial charge on any atom is 0.195 e. The molecule has 0 aliphatic carbocycles. The molecule has 0 aromatic heterocycles. The molecule has 0 atom stereocenters. The van der Waals surface area contributed by atoms with Gasteiger partial charge in [-0.2, -0.15) is 0 Å². The van der Waals surface area contributed by atoms with E-state index < -0.39 is 29.1 Å². The Labute approximate surface area is 200 Å². The van der Waals surface area contributed by atoms with Gasteiger partial charge in [0.05, 0.1) is 12.2 Å². The minimum atomic E-state index is -1.54. The summed E-state index contributed by atoms with van der Waals surface area (Å²) in [5, 5.41) is 0.0571. The molecule has 0 unspecified atom stereocenters. The van der Waals surface area contributed by atoms with Gasteiger partial charge < -0.3 is 4.74 Å². The van der Waals surface area contributed by atoms with Gasteiger partial charge in [-0.05, 0) is 59.8 Å². The molecule has 0 fully saturated rings. The Balaban J connectivity index is 1.54. The van der Waals surface area contributed by atoms with Crippen LogP contribution in [0.4, 0.5) is 22.0 Å². The quantitative estimate of drug-likeness (QED) is 0.117. The normalized spacial score (nSPS) is 10.8. The van der Waals surface area contributed by atoms with Crippen LogP contribution in [0.1, 0.15) is 37.3 Å². The van der Waals surface area contributed by atoms with E-state index in [2.05, 4.69) is 18.8 Å². The Morgan fingerprint density at radius 3 is 2.29 bits per heavy atom. The number of ether oxygens (including phenoxy) is 1. The van der Waals surface area contributed by atoms with E-state index in [0.29, 0.717) is 23.5 Å². The van der Waals surface area contributed by atoms with Crippen LogP contribution in [-0.2, 0) is 0 Å². The summed E-state index contributed by atoms with van der Waals surface area (Å²) in [5.74, 6) is 0.543. The van der Waals surface area contributed by atoms with Crippen molar-refractivity contribution in [2.45, 2.75) is 26.2 Å². The van der Waals surface area contributed by atoms with Crippen molar-refractivity contribution in [3.8, 4) is 28.7 Å². The molecular weight excluding hydrogens is 459 g/mol. The molecule has 0 bridgehead atoms. The van der Waals surface area contributed by atoms with Crippen LogP contribution in [0.25, 0.3) is 21.9 Å². The molecule has 35 heavy (non-hydrogen) atoms. The third-order valence-corrected chi connectivity index (χ3v) is 5.55. The maximum absolute atomic E-state index is 14.7. The van der Waals surface area contributed by atoms with Crippen LogP contribution in [0.5, 0.6) is 5.75 Å². The number of hydrogen-bond acceptors (Lipinski definition) is 1.